The number of nitrogens with one attached hydrogen (secondary N) is 1. The van der Waals surface area contributed by atoms with Crippen LogP contribution >= 0.6 is 47.8 Å². The van der Waals surface area contributed by atoms with Crippen molar-refractivity contribution in [2.24, 2.45) is 0 Å². The first-order valence-electron chi connectivity index (χ1n) is 6.80. The van der Waals surface area contributed by atoms with E-state index in [1.165, 1.54) is 11.3 Å². The van der Waals surface area contributed by atoms with Crippen molar-refractivity contribution in [2.75, 3.05) is 26.2 Å². The Morgan fingerprint density at radius 3 is 2.35 bits per heavy atom. The fraction of sp³-hybridized carbons (Fsp3) is 0.333. The summed E-state index contributed by atoms with van der Waals surface area (Å²) in [7, 11) is 0. The minimum atomic E-state index is -0.579. The van der Waals surface area contributed by atoms with E-state index in [-0.39, 0.29) is 41.4 Å². The molecule has 1 N–H and O–H groups in total. The summed E-state index contributed by atoms with van der Waals surface area (Å²) in [5, 5.41) is 5.09. The first-order valence-corrected chi connectivity index (χ1v) is 8.06. The highest BCUT2D eigenvalue weighted by Crippen LogP contribution is 2.38. The lowest BCUT2D eigenvalue weighted by molar-refractivity contribution is 0.197. The molecule has 3 rings (SSSR count). The second-order valence-corrected chi connectivity index (χ2v) is 6.32. The highest BCUT2D eigenvalue weighted by molar-refractivity contribution is 7.10. The molecule has 1 fully saturated rings. The van der Waals surface area contributed by atoms with E-state index in [2.05, 4.69) is 10.2 Å². The molecule has 0 aliphatic carbocycles. The van der Waals surface area contributed by atoms with Crippen LogP contribution < -0.4 is 5.32 Å². The van der Waals surface area contributed by atoms with E-state index >= 15 is 0 Å². The third kappa shape index (κ3) is 4.35. The molecule has 2 heterocycles. The fourth-order valence-electron chi connectivity index (χ4n) is 2.69. The van der Waals surface area contributed by atoms with Crippen LogP contribution in [0, 0.1) is 11.6 Å². The Kier molecular flexibility index (Phi) is 8.21. The Labute approximate surface area is 155 Å². The van der Waals surface area contributed by atoms with Gasteiger partial charge in [0, 0.05) is 36.6 Å². The SMILES string of the molecule is Cl.Cl.Fc1ccc(F)c([C@H](c2cccs2)N2CCNCC2)c1Cl. The number of benzene rings is 1. The maximum absolute atomic E-state index is 14.3. The Morgan fingerprint density at radius 1 is 1.09 bits per heavy atom. The van der Waals surface area contributed by atoms with E-state index < -0.39 is 11.6 Å². The van der Waals surface area contributed by atoms with Gasteiger partial charge in [0.25, 0.3) is 0 Å². The Hall–Kier alpha value is -0.430. The van der Waals surface area contributed by atoms with Gasteiger partial charge in [0.2, 0.25) is 0 Å². The summed E-state index contributed by atoms with van der Waals surface area (Å²) in [6.45, 7) is 3.20. The van der Waals surface area contributed by atoms with E-state index in [0.29, 0.717) is 0 Å². The molecule has 1 atom stereocenters. The quantitative estimate of drug-likeness (QED) is 0.761. The van der Waals surface area contributed by atoms with Crippen molar-refractivity contribution in [1.82, 2.24) is 10.2 Å². The van der Waals surface area contributed by atoms with Crippen LogP contribution in [0.5, 0.6) is 0 Å². The van der Waals surface area contributed by atoms with Crippen LogP contribution in [-0.4, -0.2) is 31.1 Å². The topological polar surface area (TPSA) is 15.3 Å². The van der Waals surface area contributed by atoms with Gasteiger partial charge in [0.1, 0.15) is 11.6 Å². The minimum Gasteiger partial charge on any atom is -0.314 e. The summed E-state index contributed by atoms with van der Waals surface area (Å²) >= 11 is 7.61. The van der Waals surface area contributed by atoms with E-state index in [1.807, 2.05) is 17.5 Å². The van der Waals surface area contributed by atoms with Gasteiger partial charge in [0.05, 0.1) is 11.1 Å². The molecule has 1 saturated heterocycles. The third-order valence-electron chi connectivity index (χ3n) is 3.68. The summed E-state index contributed by atoms with van der Waals surface area (Å²) in [5.74, 6) is -1.04. The average molecular weight is 402 g/mol. The summed E-state index contributed by atoms with van der Waals surface area (Å²) in [4.78, 5) is 3.12. The molecule has 0 amide bonds. The summed E-state index contributed by atoms with van der Waals surface area (Å²) in [6.07, 6.45) is 0. The lowest BCUT2D eigenvalue weighted by Crippen LogP contribution is -2.45. The van der Waals surface area contributed by atoms with Gasteiger partial charge in [-0.3, -0.25) is 4.90 Å². The Bertz CT molecular complexity index is 619. The number of piperazine rings is 1. The summed E-state index contributed by atoms with van der Waals surface area (Å²) in [6, 6.07) is 5.75. The van der Waals surface area contributed by atoms with E-state index in [9.17, 15) is 8.78 Å². The van der Waals surface area contributed by atoms with Gasteiger partial charge in [-0.25, -0.2) is 8.78 Å². The monoisotopic (exact) mass is 400 g/mol. The predicted octanol–water partition coefficient (Wildman–Crippen LogP) is 4.52. The average Bonchev–Trinajstić information content (AvgIpc) is 3.02. The molecule has 0 saturated carbocycles. The Balaban J connectivity index is 0.00000132. The van der Waals surface area contributed by atoms with Crippen molar-refractivity contribution in [3.63, 3.8) is 0 Å². The van der Waals surface area contributed by atoms with Crippen molar-refractivity contribution in [3.05, 3.63) is 56.7 Å². The zero-order valence-corrected chi connectivity index (χ0v) is 15.3. The molecule has 23 heavy (non-hydrogen) atoms. The molecule has 1 aromatic carbocycles. The molecular formula is C15H17Cl3F2N2S. The number of halogens is 5. The minimum absolute atomic E-state index is 0. The third-order valence-corrected chi connectivity index (χ3v) is 4.99. The molecular weight excluding hydrogens is 385 g/mol. The van der Waals surface area contributed by atoms with Gasteiger partial charge in [-0.1, -0.05) is 17.7 Å². The van der Waals surface area contributed by atoms with Crippen molar-refractivity contribution < 1.29 is 8.78 Å². The maximum atomic E-state index is 14.3. The highest BCUT2D eigenvalue weighted by atomic mass is 35.5. The Morgan fingerprint density at radius 2 is 1.74 bits per heavy atom. The molecule has 1 aromatic heterocycles. The molecule has 0 unspecified atom stereocenters. The van der Waals surface area contributed by atoms with Crippen molar-refractivity contribution in [2.45, 2.75) is 6.04 Å². The molecule has 0 radical (unpaired) electrons. The summed E-state index contributed by atoms with van der Waals surface area (Å²) < 4.78 is 28.1. The van der Waals surface area contributed by atoms with Crippen LogP contribution in [0.1, 0.15) is 16.5 Å². The molecule has 128 valence electrons. The van der Waals surface area contributed by atoms with Crippen LogP contribution in [0.4, 0.5) is 8.78 Å². The highest BCUT2D eigenvalue weighted by Gasteiger charge is 2.30. The standard InChI is InChI=1S/C15H15ClF2N2S.2ClH/c16-14-11(18)4-3-10(17)13(14)15(12-2-1-9-21-12)20-7-5-19-6-8-20;;/h1-4,9,15,19H,5-8H2;2*1H/t15-;;/m0../s1. The van der Waals surface area contributed by atoms with Gasteiger partial charge in [-0.15, -0.1) is 36.2 Å². The number of hydrogen-bond acceptors (Lipinski definition) is 3. The maximum Gasteiger partial charge on any atom is 0.142 e. The number of rotatable bonds is 3. The van der Waals surface area contributed by atoms with Crippen LogP contribution in [-0.2, 0) is 0 Å². The number of nitrogens with zero attached hydrogens (tertiary/aromatic N) is 1. The molecule has 1 aliphatic rings. The molecule has 0 bridgehead atoms. The van der Waals surface area contributed by atoms with Crippen molar-refractivity contribution in [3.8, 4) is 0 Å². The fourth-order valence-corrected chi connectivity index (χ4v) is 3.81. The normalized spacial score (nSPS) is 16.3. The summed E-state index contributed by atoms with van der Waals surface area (Å²) in [5.41, 5.74) is 0.237. The predicted molar refractivity (Wildman–Crippen MR) is 96.5 cm³/mol. The molecule has 1 aliphatic heterocycles. The second-order valence-electron chi connectivity index (χ2n) is 4.96. The van der Waals surface area contributed by atoms with E-state index in [0.717, 1.165) is 43.2 Å². The molecule has 2 aromatic rings. The molecule has 0 spiro atoms. The van der Waals surface area contributed by atoms with Crippen LogP contribution in [0.25, 0.3) is 0 Å². The number of thiophene rings is 1. The van der Waals surface area contributed by atoms with E-state index in [4.69, 9.17) is 11.6 Å². The van der Waals surface area contributed by atoms with Gasteiger partial charge >= 0.3 is 0 Å². The van der Waals surface area contributed by atoms with Gasteiger partial charge in [-0.2, -0.15) is 0 Å². The largest absolute Gasteiger partial charge is 0.314 e. The number of hydrogen-bond donors (Lipinski definition) is 1. The van der Waals surface area contributed by atoms with Gasteiger partial charge in [-0.05, 0) is 23.6 Å². The first-order chi connectivity index (χ1) is 10.2. The molecule has 8 heteroatoms. The van der Waals surface area contributed by atoms with Crippen molar-refractivity contribution in [1.29, 1.82) is 0 Å². The zero-order valence-electron chi connectivity index (χ0n) is 12.1. The van der Waals surface area contributed by atoms with Crippen LogP contribution in [0.3, 0.4) is 0 Å². The van der Waals surface area contributed by atoms with Gasteiger partial charge in [0.15, 0.2) is 0 Å². The zero-order chi connectivity index (χ0) is 14.8. The van der Waals surface area contributed by atoms with Gasteiger partial charge < -0.3 is 5.32 Å². The van der Waals surface area contributed by atoms with Crippen LogP contribution in [0.2, 0.25) is 5.02 Å². The smallest absolute Gasteiger partial charge is 0.142 e. The van der Waals surface area contributed by atoms with Crippen LogP contribution in [0.15, 0.2) is 29.6 Å². The lowest BCUT2D eigenvalue weighted by atomic mass is 10.0. The first kappa shape index (κ1) is 20.6. The van der Waals surface area contributed by atoms with Crippen molar-refractivity contribution >= 4 is 47.8 Å². The lowest BCUT2D eigenvalue weighted by Gasteiger charge is -2.35. The van der Waals surface area contributed by atoms with E-state index in [1.54, 1.807) is 0 Å². The molecule has 2 nitrogen and oxygen atoms in total. The second kappa shape index (κ2) is 9.16.